The number of aryl methyl sites for hydroxylation is 1. The summed E-state index contributed by atoms with van der Waals surface area (Å²) >= 11 is 9.11. The third kappa shape index (κ3) is 3.23. The van der Waals surface area contributed by atoms with Gasteiger partial charge in [0.15, 0.2) is 10.4 Å². The van der Waals surface area contributed by atoms with Crippen LogP contribution in [0.15, 0.2) is 57.6 Å². The highest BCUT2D eigenvalue weighted by Gasteiger charge is 2.14. The molecule has 0 saturated carbocycles. The molecule has 26 heavy (non-hydrogen) atoms. The van der Waals surface area contributed by atoms with E-state index in [1.165, 1.54) is 4.80 Å². The Morgan fingerprint density at radius 2 is 1.81 bits per heavy atom. The van der Waals surface area contributed by atoms with Crippen LogP contribution in [0.5, 0.6) is 0 Å². The second-order valence-corrected chi connectivity index (χ2v) is 6.90. The number of carbonyl (C=O) groups excluding carboxylic acids is 1. The number of hydrogen-bond donors (Lipinski definition) is 1. The lowest BCUT2D eigenvalue weighted by atomic mass is 10.1. The number of nitrogens with one attached hydrogen (secondary N) is 1. The van der Waals surface area contributed by atoms with E-state index in [9.17, 15) is 4.79 Å². The topological polar surface area (TPSA) is 73.0 Å². The molecular formula is C18H12BrClN4O2. The molecule has 0 unspecified atom stereocenters. The minimum Gasteiger partial charge on any atom is -0.444 e. The van der Waals surface area contributed by atoms with E-state index in [0.717, 1.165) is 16.8 Å². The molecule has 2 aromatic heterocycles. The van der Waals surface area contributed by atoms with Gasteiger partial charge in [0.05, 0.1) is 5.69 Å². The molecule has 2 aromatic carbocycles. The number of nitrogens with zero attached hydrogens (tertiary/aromatic N) is 3. The summed E-state index contributed by atoms with van der Waals surface area (Å²) in [6.45, 7) is 1.90. The molecule has 0 spiro atoms. The van der Waals surface area contributed by atoms with Gasteiger partial charge in [0.1, 0.15) is 11.0 Å². The number of rotatable bonds is 3. The van der Waals surface area contributed by atoms with Crippen molar-refractivity contribution >= 4 is 50.2 Å². The van der Waals surface area contributed by atoms with E-state index in [0.29, 0.717) is 20.9 Å². The predicted octanol–water partition coefficient (Wildman–Crippen LogP) is 4.99. The first-order chi connectivity index (χ1) is 12.5. The second-order valence-electron chi connectivity index (χ2n) is 5.68. The fourth-order valence-electron chi connectivity index (χ4n) is 2.51. The summed E-state index contributed by atoms with van der Waals surface area (Å²) in [5.41, 5.74) is 3.73. The molecule has 6 nitrogen and oxygen atoms in total. The van der Waals surface area contributed by atoms with Crippen LogP contribution in [0, 0.1) is 6.92 Å². The van der Waals surface area contributed by atoms with Gasteiger partial charge in [0, 0.05) is 10.7 Å². The van der Waals surface area contributed by atoms with E-state index in [2.05, 4.69) is 31.4 Å². The Labute approximate surface area is 161 Å². The van der Waals surface area contributed by atoms with E-state index in [4.69, 9.17) is 16.0 Å². The van der Waals surface area contributed by atoms with Gasteiger partial charge >= 0.3 is 0 Å². The molecule has 0 aliphatic rings. The molecule has 4 aromatic rings. The quantitative estimate of drug-likeness (QED) is 0.496. The second kappa shape index (κ2) is 6.59. The molecule has 4 rings (SSSR count). The van der Waals surface area contributed by atoms with Crippen LogP contribution in [0.1, 0.15) is 16.1 Å². The summed E-state index contributed by atoms with van der Waals surface area (Å²) in [6.07, 6.45) is 0. The minimum absolute atomic E-state index is 0.223. The van der Waals surface area contributed by atoms with Crippen LogP contribution in [0.3, 0.4) is 0 Å². The maximum absolute atomic E-state index is 12.3. The zero-order valence-corrected chi connectivity index (χ0v) is 15.9. The van der Waals surface area contributed by atoms with Gasteiger partial charge in [-0.25, -0.2) is 0 Å². The van der Waals surface area contributed by atoms with Gasteiger partial charge in [-0.1, -0.05) is 11.6 Å². The van der Waals surface area contributed by atoms with E-state index in [1.54, 1.807) is 30.3 Å². The highest BCUT2D eigenvalue weighted by Crippen LogP contribution is 2.24. The number of furan rings is 1. The Morgan fingerprint density at radius 3 is 2.46 bits per heavy atom. The van der Waals surface area contributed by atoms with E-state index in [1.807, 2.05) is 25.1 Å². The first-order valence-electron chi connectivity index (χ1n) is 7.70. The van der Waals surface area contributed by atoms with Crippen LogP contribution in [0.2, 0.25) is 5.02 Å². The van der Waals surface area contributed by atoms with Crippen molar-refractivity contribution in [2.24, 2.45) is 0 Å². The maximum Gasteiger partial charge on any atom is 0.291 e. The summed E-state index contributed by atoms with van der Waals surface area (Å²) in [5.74, 6) is -0.107. The molecule has 1 amide bonds. The van der Waals surface area contributed by atoms with Crippen LogP contribution in [-0.2, 0) is 0 Å². The zero-order chi connectivity index (χ0) is 18.3. The van der Waals surface area contributed by atoms with Crippen LogP contribution >= 0.6 is 27.5 Å². The van der Waals surface area contributed by atoms with Crippen molar-refractivity contribution in [3.63, 3.8) is 0 Å². The molecule has 130 valence electrons. The Balaban J connectivity index is 1.67. The lowest BCUT2D eigenvalue weighted by Crippen LogP contribution is -2.11. The molecule has 0 fully saturated rings. The summed E-state index contributed by atoms with van der Waals surface area (Å²) in [7, 11) is 0. The van der Waals surface area contributed by atoms with E-state index < -0.39 is 0 Å². The van der Waals surface area contributed by atoms with E-state index in [-0.39, 0.29) is 11.7 Å². The third-order valence-electron chi connectivity index (χ3n) is 3.83. The molecule has 0 saturated heterocycles. The van der Waals surface area contributed by atoms with E-state index >= 15 is 0 Å². The summed E-state index contributed by atoms with van der Waals surface area (Å²) in [5, 5.41) is 12.4. The Morgan fingerprint density at radius 1 is 1.12 bits per heavy atom. The summed E-state index contributed by atoms with van der Waals surface area (Å²) in [4.78, 5) is 13.8. The number of anilines is 1. The molecule has 2 heterocycles. The Kier molecular flexibility index (Phi) is 4.26. The molecule has 0 aliphatic carbocycles. The van der Waals surface area contributed by atoms with Gasteiger partial charge in [0.25, 0.3) is 5.91 Å². The molecule has 0 bridgehead atoms. The first kappa shape index (κ1) is 16.8. The number of hydrogen-bond acceptors (Lipinski definition) is 4. The van der Waals surface area contributed by atoms with Gasteiger partial charge in [-0.2, -0.15) is 4.80 Å². The summed E-state index contributed by atoms with van der Waals surface area (Å²) in [6, 6.07) is 14.2. The van der Waals surface area contributed by atoms with Crippen LogP contribution in [0.25, 0.3) is 16.7 Å². The van der Waals surface area contributed by atoms with Gasteiger partial charge in [0.2, 0.25) is 0 Å². The van der Waals surface area contributed by atoms with Gasteiger partial charge < -0.3 is 9.73 Å². The number of carbonyl (C=O) groups is 1. The molecule has 0 radical (unpaired) electrons. The number of aromatic nitrogens is 3. The monoisotopic (exact) mass is 430 g/mol. The summed E-state index contributed by atoms with van der Waals surface area (Å²) < 4.78 is 5.78. The average Bonchev–Trinajstić information content (AvgIpc) is 3.22. The van der Waals surface area contributed by atoms with Crippen molar-refractivity contribution < 1.29 is 9.21 Å². The Bertz CT molecular complexity index is 1120. The van der Waals surface area contributed by atoms with Crippen molar-refractivity contribution in [3.05, 3.63) is 69.5 Å². The largest absolute Gasteiger partial charge is 0.444 e. The highest BCUT2D eigenvalue weighted by molar-refractivity contribution is 9.10. The van der Waals surface area contributed by atoms with Crippen molar-refractivity contribution in [2.75, 3.05) is 5.32 Å². The predicted molar refractivity (Wildman–Crippen MR) is 103 cm³/mol. The standard InChI is InChI=1S/C18H12BrClN4O2/c1-10-8-14-15(23-24(22-14)12-4-2-11(20)3-5-12)9-13(10)21-18(25)16-6-7-17(19)26-16/h2-9H,1H3,(H,21,25). The smallest absolute Gasteiger partial charge is 0.291 e. The fraction of sp³-hybridized carbons (Fsp3) is 0.0556. The molecule has 8 heteroatoms. The minimum atomic E-state index is -0.330. The SMILES string of the molecule is Cc1cc2nn(-c3ccc(Cl)cc3)nc2cc1NC(=O)c1ccc(Br)o1. The molecule has 1 N–H and O–H groups in total. The lowest BCUT2D eigenvalue weighted by molar-refractivity contribution is 0.0995. The number of benzene rings is 2. The molecule has 0 aliphatic heterocycles. The van der Waals surface area contributed by atoms with Gasteiger partial charge in [-0.05, 0) is 76.9 Å². The van der Waals surface area contributed by atoms with Crippen molar-refractivity contribution in [3.8, 4) is 5.69 Å². The number of amides is 1. The Hall–Kier alpha value is -2.64. The highest BCUT2D eigenvalue weighted by atomic mass is 79.9. The van der Waals surface area contributed by atoms with Gasteiger partial charge in [-0.15, -0.1) is 10.2 Å². The van der Waals surface area contributed by atoms with Crippen molar-refractivity contribution in [1.82, 2.24) is 15.0 Å². The maximum atomic E-state index is 12.3. The van der Waals surface area contributed by atoms with Gasteiger partial charge in [-0.3, -0.25) is 4.79 Å². The van der Waals surface area contributed by atoms with Crippen LogP contribution in [-0.4, -0.2) is 20.9 Å². The molecular weight excluding hydrogens is 420 g/mol. The number of halogens is 2. The van der Waals surface area contributed by atoms with Crippen molar-refractivity contribution in [1.29, 1.82) is 0 Å². The van der Waals surface area contributed by atoms with Crippen molar-refractivity contribution in [2.45, 2.75) is 6.92 Å². The van der Waals surface area contributed by atoms with Crippen LogP contribution < -0.4 is 5.32 Å². The fourth-order valence-corrected chi connectivity index (χ4v) is 2.95. The first-order valence-corrected chi connectivity index (χ1v) is 8.87. The van der Waals surface area contributed by atoms with Crippen LogP contribution in [0.4, 0.5) is 5.69 Å². The normalized spacial score (nSPS) is 11.0. The zero-order valence-electron chi connectivity index (χ0n) is 13.5. The lowest BCUT2D eigenvalue weighted by Gasteiger charge is -2.06. The number of fused-ring (bicyclic) bond motifs is 1. The average molecular weight is 432 g/mol. The molecule has 0 atom stereocenters. The third-order valence-corrected chi connectivity index (χ3v) is 4.51.